The molecule has 0 unspecified atom stereocenters. The summed E-state index contributed by atoms with van der Waals surface area (Å²) in [6.45, 7) is 0.776. The Kier molecular flexibility index (Phi) is 5.95. The Bertz CT molecular complexity index is 61.1. The van der Waals surface area contributed by atoms with Gasteiger partial charge in [-0.25, -0.2) is 0 Å². The molecule has 0 bridgehead atoms. The van der Waals surface area contributed by atoms with E-state index < -0.39 is 0 Å². The maximum Gasteiger partial charge on any atom is 0.0133 e. The normalized spacial score (nSPS) is 10.2. The molecule has 4 heteroatoms. The molecule has 0 amide bonds. The molecule has 0 aromatic heterocycles. The van der Waals surface area contributed by atoms with Crippen molar-refractivity contribution in [3.05, 3.63) is 12.3 Å². The third-order valence-corrected chi connectivity index (χ3v) is 0.669. The molecule has 0 rings (SSSR count). The quantitative estimate of drug-likeness (QED) is 0.212. The molecule has 0 spiro atoms. The minimum absolute atomic E-state index is 0.776. The van der Waals surface area contributed by atoms with Crippen LogP contribution in [0.4, 0.5) is 0 Å². The fourth-order valence-corrected chi connectivity index (χ4v) is 0.318. The lowest BCUT2D eigenvalue weighted by atomic mass is 10.4. The number of hydrogen-bond acceptors (Lipinski definition) is 4. The molecule has 0 aromatic carbocycles. The first-order valence-corrected chi connectivity index (χ1v) is 2.46. The Morgan fingerprint density at radius 2 is 2.12 bits per heavy atom. The standard InChI is InChI=1S/C4H12N4/c5-7-3-1-2-4-8-6/h1,3,7-8H,2,4-6H2. The first-order valence-electron chi connectivity index (χ1n) is 2.46. The zero-order valence-corrected chi connectivity index (χ0v) is 4.72. The number of hydrazine groups is 2. The van der Waals surface area contributed by atoms with Crippen molar-refractivity contribution in [2.75, 3.05) is 6.54 Å². The average molecular weight is 116 g/mol. The van der Waals surface area contributed by atoms with Crippen molar-refractivity contribution in [2.24, 2.45) is 11.7 Å². The SMILES string of the molecule is NNC=CCCNN. The number of nitrogens with one attached hydrogen (secondary N) is 2. The lowest BCUT2D eigenvalue weighted by Gasteiger charge is -1.90. The summed E-state index contributed by atoms with van der Waals surface area (Å²) in [5.74, 6) is 9.90. The molecule has 4 nitrogen and oxygen atoms in total. The predicted octanol–water partition coefficient (Wildman–Crippen LogP) is -1.18. The van der Waals surface area contributed by atoms with Crippen molar-refractivity contribution in [3.63, 3.8) is 0 Å². The van der Waals surface area contributed by atoms with Crippen LogP contribution in [0.15, 0.2) is 12.3 Å². The van der Waals surface area contributed by atoms with Gasteiger partial charge in [0.25, 0.3) is 0 Å². The largest absolute Gasteiger partial charge is 0.332 e. The zero-order valence-electron chi connectivity index (χ0n) is 4.72. The van der Waals surface area contributed by atoms with Crippen LogP contribution in [0.5, 0.6) is 0 Å². The van der Waals surface area contributed by atoms with Gasteiger partial charge in [0.1, 0.15) is 0 Å². The minimum atomic E-state index is 0.776. The third kappa shape index (κ3) is 5.42. The van der Waals surface area contributed by atoms with Gasteiger partial charge in [-0.3, -0.25) is 17.1 Å². The molecule has 0 saturated carbocycles. The maximum atomic E-state index is 4.98. The van der Waals surface area contributed by atoms with Crippen LogP contribution in [0.2, 0.25) is 0 Å². The fourth-order valence-electron chi connectivity index (χ4n) is 0.318. The van der Waals surface area contributed by atoms with Gasteiger partial charge < -0.3 is 5.43 Å². The van der Waals surface area contributed by atoms with E-state index in [9.17, 15) is 0 Å². The molecule has 0 aliphatic carbocycles. The van der Waals surface area contributed by atoms with Gasteiger partial charge in [0.05, 0.1) is 0 Å². The van der Waals surface area contributed by atoms with Crippen LogP contribution in [0, 0.1) is 0 Å². The van der Waals surface area contributed by atoms with E-state index in [0.717, 1.165) is 13.0 Å². The Hall–Kier alpha value is -0.580. The highest BCUT2D eigenvalue weighted by molar-refractivity contribution is 4.77. The topological polar surface area (TPSA) is 76.1 Å². The summed E-state index contributed by atoms with van der Waals surface area (Å²) in [7, 11) is 0. The van der Waals surface area contributed by atoms with E-state index >= 15 is 0 Å². The van der Waals surface area contributed by atoms with Gasteiger partial charge in [-0.15, -0.1) is 0 Å². The molecule has 6 N–H and O–H groups in total. The third-order valence-electron chi connectivity index (χ3n) is 0.669. The fraction of sp³-hybridized carbons (Fsp3) is 0.500. The summed E-state index contributed by atoms with van der Waals surface area (Å²) in [6, 6.07) is 0. The monoisotopic (exact) mass is 116 g/mol. The van der Waals surface area contributed by atoms with E-state index in [2.05, 4.69) is 10.9 Å². The molecule has 0 saturated heterocycles. The van der Waals surface area contributed by atoms with Crippen molar-refractivity contribution in [3.8, 4) is 0 Å². The molecule has 0 heterocycles. The summed E-state index contributed by atoms with van der Waals surface area (Å²) >= 11 is 0. The van der Waals surface area contributed by atoms with E-state index in [1.54, 1.807) is 6.20 Å². The highest BCUT2D eigenvalue weighted by Crippen LogP contribution is 1.73. The number of rotatable bonds is 4. The van der Waals surface area contributed by atoms with E-state index in [0.29, 0.717) is 0 Å². The molecular weight excluding hydrogens is 104 g/mol. The lowest BCUT2D eigenvalue weighted by molar-refractivity contribution is 0.737. The molecule has 0 radical (unpaired) electrons. The highest BCUT2D eigenvalue weighted by atomic mass is 15.2. The second kappa shape index (κ2) is 6.42. The van der Waals surface area contributed by atoms with Gasteiger partial charge in [0.2, 0.25) is 0 Å². The van der Waals surface area contributed by atoms with Crippen LogP contribution in [0.1, 0.15) is 6.42 Å². The second-order valence-electron chi connectivity index (χ2n) is 1.31. The van der Waals surface area contributed by atoms with Crippen molar-refractivity contribution < 1.29 is 0 Å². The molecule has 0 fully saturated rings. The highest BCUT2D eigenvalue weighted by Gasteiger charge is 1.72. The Morgan fingerprint density at radius 1 is 1.38 bits per heavy atom. The van der Waals surface area contributed by atoms with Gasteiger partial charge in [-0.1, -0.05) is 6.08 Å². The summed E-state index contributed by atoms with van der Waals surface area (Å²) in [6.07, 6.45) is 4.44. The number of nitrogens with two attached hydrogens (primary N) is 2. The van der Waals surface area contributed by atoms with E-state index in [-0.39, 0.29) is 0 Å². The van der Waals surface area contributed by atoms with Crippen LogP contribution in [0.25, 0.3) is 0 Å². The van der Waals surface area contributed by atoms with E-state index in [4.69, 9.17) is 11.7 Å². The molecule has 0 aliphatic heterocycles. The van der Waals surface area contributed by atoms with Crippen LogP contribution in [-0.2, 0) is 0 Å². The number of hydrogen-bond donors (Lipinski definition) is 4. The Balaban J connectivity index is 2.80. The Morgan fingerprint density at radius 3 is 2.62 bits per heavy atom. The van der Waals surface area contributed by atoms with Gasteiger partial charge in [-0.05, 0) is 6.42 Å². The minimum Gasteiger partial charge on any atom is -0.332 e. The summed E-state index contributed by atoms with van der Waals surface area (Å²) in [5, 5.41) is 0. The molecule has 48 valence electrons. The maximum absolute atomic E-state index is 4.98. The molecule has 0 atom stereocenters. The van der Waals surface area contributed by atoms with Crippen LogP contribution in [-0.4, -0.2) is 6.54 Å². The van der Waals surface area contributed by atoms with Gasteiger partial charge >= 0.3 is 0 Å². The lowest BCUT2D eigenvalue weighted by Crippen LogP contribution is -2.22. The summed E-state index contributed by atoms with van der Waals surface area (Å²) in [4.78, 5) is 0. The van der Waals surface area contributed by atoms with Crippen LogP contribution < -0.4 is 22.5 Å². The summed E-state index contributed by atoms with van der Waals surface area (Å²) < 4.78 is 0. The van der Waals surface area contributed by atoms with Gasteiger partial charge in [0, 0.05) is 12.7 Å². The molecule has 8 heavy (non-hydrogen) atoms. The van der Waals surface area contributed by atoms with E-state index in [1.807, 2.05) is 6.08 Å². The van der Waals surface area contributed by atoms with Crippen LogP contribution >= 0.6 is 0 Å². The second-order valence-corrected chi connectivity index (χ2v) is 1.31. The van der Waals surface area contributed by atoms with Gasteiger partial charge in [-0.2, -0.15) is 0 Å². The summed E-state index contributed by atoms with van der Waals surface area (Å²) in [5.41, 5.74) is 4.88. The zero-order chi connectivity index (χ0) is 6.24. The van der Waals surface area contributed by atoms with Crippen molar-refractivity contribution in [1.29, 1.82) is 0 Å². The Labute approximate surface area is 48.9 Å². The average Bonchev–Trinajstić information content (AvgIpc) is 1.81. The van der Waals surface area contributed by atoms with Gasteiger partial charge in [0.15, 0.2) is 0 Å². The molecule has 0 aliphatic rings. The van der Waals surface area contributed by atoms with E-state index in [1.165, 1.54) is 0 Å². The predicted molar refractivity (Wildman–Crippen MR) is 33.3 cm³/mol. The van der Waals surface area contributed by atoms with Crippen molar-refractivity contribution in [1.82, 2.24) is 10.9 Å². The first-order chi connectivity index (χ1) is 3.91. The molecular formula is C4H12N4. The smallest absolute Gasteiger partial charge is 0.0133 e. The molecule has 0 aromatic rings. The first kappa shape index (κ1) is 7.42. The van der Waals surface area contributed by atoms with Crippen molar-refractivity contribution in [2.45, 2.75) is 6.42 Å². The van der Waals surface area contributed by atoms with Crippen molar-refractivity contribution >= 4 is 0 Å². The van der Waals surface area contributed by atoms with Crippen LogP contribution in [0.3, 0.4) is 0 Å².